The predicted octanol–water partition coefficient (Wildman–Crippen LogP) is 9.85. The lowest BCUT2D eigenvalue weighted by Crippen LogP contribution is -2.17. The molecule has 0 aliphatic heterocycles. The first-order valence-electron chi connectivity index (χ1n) is 22.8. The van der Waals surface area contributed by atoms with Crippen molar-refractivity contribution in [2.45, 2.75) is 70.5 Å². The lowest BCUT2D eigenvalue weighted by Gasteiger charge is -2.14. The van der Waals surface area contributed by atoms with Crippen LogP contribution in [0, 0.1) is 5.92 Å². The van der Waals surface area contributed by atoms with E-state index in [0.29, 0.717) is 57.1 Å². The van der Waals surface area contributed by atoms with E-state index in [2.05, 4.69) is 15.0 Å². The number of allylic oxidation sites excluding steroid dienone is 1. The Balaban J connectivity index is 0.000000172. The molecule has 0 saturated carbocycles. The van der Waals surface area contributed by atoms with Gasteiger partial charge in [-0.05, 0) is 55.3 Å². The Labute approximate surface area is 427 Å². The highest BCUT2D eigenvalue weighted by Gasteiger charge is 2.39. The fraction of sp³-hybridized carbons (Fsp3) is 0.278. The predicted molar refractivity (Wildman–Crippen MR) is 254 cm³/mol. The van der Waals surface area contributed by atoms with Crippen molar-refractivity contribution in [3.8, 4) is 17.2 Å². The number of methoxy groups -OCH3 is 3. The average molecular weight is 1070 g/mol. The first-order valence-corrected chi connectivity index (χ1v) is 22.8. The van der Waals surface area contributed by atoms with Crippen LogP contribution in [-0.2, 0) is 64.0 Å². The third-order valence-electron chi connectivity index (χ3n) is 12.4. The lowest BCUT2D eigenvalue weighted by atomic mass is 9.96. The molecule has 3 aliphatic carbocycles. The molecule has 1 atom stereocenters. The molecule has 13 nitrogen and oxygen atoms in total. The van der Waals surface area contributed by atoms with E-state index in [1.165, 1.54) is 44.8 Å². The SMILES string of the molecule is COc1c(CO)ccc2c1C/C(=C\c1ncccc1C(F)(F)F)C2=O.COc1c(CO)ccc2c1CC(Cc1ncccc1C(F)(F)F)C2=O.COc1c(CO)ccc2c1CCC2=O.O=Cc1ncccc1C(F)(F)F. The van der Waals surface area contributed by atoms with E-state index in [-0.39, 0.29) is 79.7 Å². The van der Waals surface area contributed by atoms with Gasteiger partial charge in [0.1, 0.15) is 22.9 Å². The van der Waals surface area contributed by atoms with E-state index in [1.54, 1.807) is 43.5 Å². The number of aliphatic hydroxyl groups is 3. The number of nitrogens with zero attached hydrogens (tertiary/aromatic N) is 3. The maximum Gasteiger partial charge on any atom is 0.418 e. The van der Waals surface area contributed by atoms with E-state index >= 15 is 0 Å². The molecule has 6 aromatic rings. The van der Waals surface area contributed by atoms with Gasteiger partial charge in [-0.1, -0.05) is 36.4 Å². The van der Waals surface area contributed by atoms with Crippen LogP contribution in [-0.4, -0.2) is 75.2 Å². The summed E-state index contributed by atoms with van der Waals surface area (Å²) in [4.78, 5) is 57.5. The molecule has 0 bridgehead atoms. The Morgan fingerprint density at radius 2 is 1.03 bits per heavy atom. The van der Waals surface area contributed by atoms with Crippen LogP contribution in [0.2, 0.25) is 0 Å². The highest BCUT2D eigenvalue weighted by atomic mass is 19.4. The van der Waals surface area contributed by atoms with Crippen molar-refractivity contribution in [2.24, 2.45) is 5.92 Å². The number of hydrogen-bond acceptors (Lipinski definition) is 13. The summed E-state index contributed by atoms with van der Waals surface area (Å²) < 4.78 is 131. The number of halogens is 9. The summed E-state index contributed by atoms with van der Waals surface area (Å²) in [6.07, 6.45) is -7.07. The molecule has 1 unspecified atom stereocenters. The molecule has 3 N–H and O–H groups in total. The van der Waals surface area contributed by atoms with Crippen LogP contribution in [0.3, 0.4) is 0 Å². The minimum atomic E-state index is -4.56. The number of Topliss-reactive ketones (excluding diaryl/α,β-unsaturated/α-hetero) is 3. The molecule has 76 heavy (non-hydrogen) atoms. The van der Waals surface area contributed by atoms with Gasteiger partial charge in [-0.25, -0.2) is 0 Å². The van der Waals surface area contributed by atoms with Crippen molar-refractivity contribution in [1.82, 2.24) is 15.0 Å². The van der Waals surface area contributed by atoms with Gasteiger partial charge in [-0.2, -0.15) is 39.5 Å². The Morgan fingerprint density at radius 1 is 0.566 bits per heavy atom. The summed E-state index contributed by atoms with van der Waals surface area (Å²) in [6, 6.07) is 16.1. The number of pyridine rings is 3. The first-order chi connectivity index (χ1) is 36.1. The van der Waals surface area contributed by atoms with E-state index in [1.807, 2.05) is 0 Å². The Hall–Kier alpha value is -7.82. The normalized spacial score (nSPS) is 15.1. The zero-order valence-corrected chi connectivity index (χ0v) is 40.5. The second-order valence-corrected chi connectivity index (χ2v) is 16.9. The molecule has 3 heterocycles. The summed E-state index contributed by atoms with van der Waals surface area (Å²) >= 11 is 0. The number of hydrogen-bond donors (Lipinski definition) is 3. The van der Waals surface area contributed by atoms with Crippen LogP contribution in [0.15, 0.2) is 97.0 Å². The molecule has 3 aromatic carbocycles. The van der Waals surface area contributed by atoms with Gasteiger partial charge in [0, 0.05) is 99.4 Å². The van der Waals surface area contributed by atoms with Crippen molar-refractivity contribution < 1.29 is 88.2 Å². The van der Waals surface area contributed by atoms with Crippen molar-refractivity contribution in [2.75, 3.05) is 21.3 Å². The number of aromatic nitrogens is 3. The summed E-state index contributed by atoms with van der Waals surface area (Å²) in [6.45, 7) is -0.555. The number of ketones is 3. The number of aldehydes is 1. The fourth-order valence-electron chi connectivity index (χ4n) is 8.93. The minimum absolute atomic E-state index is 0.0509. The quantitative estimate of drug-likeness (QED) is 0.0667. The number of benzene rings is 3. The second kappa shape index (κ2) is 24.2. The number of alkyl halides is 9. The zero-order valence-electron chi connectivity index (χ0n) is 40.5. The van der Waals surface area contributed by atoms with Crippen LogP contribution in [0.25, 0.3) is 6.08 Å². The molecular formula is C54H46F9N3O10. The van der Waals surface area contributed by atoms with E-state index in [4.69, 9.17) is 19.3 Å². The summed E-state index contributed by atoms with van der Waals surface area (Å²) in [5.41, 5.74) is 1.98. The van der Waals surface area contributed by atoms with Gasteiger partial charge in [0.15, 0.2) is 23.6 Å². The Bertz CT molecular complexity index is 3170. The van der Waals surface area contributed by atoms with Crippen molar-refractivity contribution in [1.29, 1.82) is 0 Å². The van der Waals surface area contributed by atoms with Gasteiger partial charge in [0.05, 0.1) is 69.2 Å². The molecule has 0 amide bonds. The molecule has 22 heteroatoms. The van der Waals surface area contributed by atoms with Crippen molar-refractivity contribution in [3.05, 3.63) is 181 Å². The average Bonchev–Trinajstić information content (AvgIpc) is 4.05. The van der Waals surface area contributed by atoms with E-state index < -0.39 is 46.8 Å². The smallest absolute Gasteiger partial charge is 0.418 e. The molecular weight excluding hydrogens is 1020 g/mol. The topological polar surface area (TPSA) is 195 Å². The van der Waals surface area contributed by atoms with Crippen LogP contribution < -0.4 is 14.2 Å². The molecule has 0 saturated heterocycles. The third kappa shape index (κ3) is 12.6. The summed E-state index contributed by atoms with van der Waals surface area (Å²) in [5.74, 6) is 0.433. The molecule has 0 spiro atoms. The number of carbonyl (C=O) groups is 4. The van der Waals surface area contributed by atoms with Gasteiger partial charge in [0.2, 0.25) is 0 Å². The molecule has 3 aromatic heterocycles. The standard InChI is InChI=1S/C18H16F3NO3.C18H14F3NO3.C11H12O3.C7H4F3NO/c2*1-25-17-10(9-23)4-5-12-13(17)7-11(16(12)24)8-15-14(18(19,20)21)3-2-6-22-15;1-14-11-7(6-12)2-3-8-9(11)4-5-10(8)13;8-7(9,10)5-2-1-3-11-6(5)4-12/h2-6,11,23H,7-9H2,1H3;2-6,8,23H,7,9H2,1H3;2-3,12H,4-6H2,1H3;1-4H/b;11-8+;;. The second-order valence-electron chi connectivity index (χ2n) is 16.9. The molecule has 9 rings (SSSR count). The number of ether oxygens (including phenoxy) is 3. The lowest BCUT2D eigenvalue weighted by molar-refractivity contribution is -0.139. The van der Waals surface area contributed by atoms with Gasteiger partial charge in [-0.3, -0.25) is 34.1 Å². The first kappa shape index (κ1) is 57.5. The summed E-state index contributed by atoms with van der Waals surface area (Å²) in [5, 5.41) is 27.8. The van der Waals surface area contributed by atoms with Crippen LogP contribution >= 0.6 is 0 Å². The molecule has 400 valence electrons. The largest absolute Gasteiger partial charge is 0.496 e. The Kier molecular flexibility index (Phi) is 18.3. The van der Waals surface area contributed by atoms with Gasteiger partial charge in [0.25, 0.3) is 0 Å². The van der Waals surface area contributed by atoms with Gasteiger partial charge < -0.3 is 29.5 Å². The molecule has 0 fully saturated rings. The van der Waals surface area contributed by atoms with E-state index in [0.717, 1.165) is 53.6 Å². The van der Waals surface area contributed by atoms with E-state index in [9.17, 15) is 68.9 Å². The monoisotopic (exact) mass is 1070 g/mol. The molecule has 3 aliphatic rings. The maximum absolute atomic E-state index is 13.1. The van der Waals surface area contributed by atoms with Gasteiger partial charge >= 0.3 is 18.5 Å². The third-order valence-corrected chi connectivity index (χ3v) is 12.4. The highest BCUT2D eigenvalue weighted by Crippen LogP contribution is 2.41. The Morgan fingerprint density at radius 3 is 1.53 bits per heavy atom. The van der Waals surface area contributed by atoms with Crippen molar-refractivity contribution in [3.63, 3.8) is 0 Å². The van der Waals surface area contributed by atoms with Crippen LogP contribution in [0.4, 0.5) is 39.5 Å². The number of fused-ring (bicyclic) bond motifs is 3. The zero-order chi connectivity index (χ0) is 55.7. The fourth-order valence-corrected chi connectivity index (χ4v) is 8.93. The van der Waals surface area contributed by atoms with Crippen molar-refractivity contribution >= 4 is 29.7 Å². The van der Waals surface area contributed by atoms with Crippen LogP contribution in [0.5, 0.6) is 17.2 Å². The molecule has 0 radical (unpaired) electrons. The number of rotatable bonds is 10. The minimum Gasteiger partial charge on any atom is -0.496 e. The number of aliphatic hydroxyl groups excluding tert-OH is 3. The maximum atomic E-state index is 13.1. The summed E-state index contributed by atoms with van der Waals surface area (Å²) in [7, 11) is 4.42. The van der Waals surface area contributed by atoms with Crippen LogP contribution in [0.1, 0.15) is 109 Å². The number of carbonyl (C=O) groups excluding carboxylic acids is 4. The van der Waals surface area contributed by atoms with Gasteiger partial charge in [-0.15, -0.1) is 0 Å². The highest BCUT2D eigenvalue weighted by molar-refractivity contribution is 6.16.